The molecule has 1 aromatic heterocycles. The molecule has 0 aliphatic heterocycles. The van der Waals surface area contributed by atoms with Crippen molar-refractivity contribution in [2.45, 2.75) is 32.6 Å². The van der Waals surface area contributed by atoms with Crippen LogP contribution in [0.4, 0.5) is 0 Å². The lowest BCUT2D eigenvalue weighted by molar-refractivity contribution is 0.947. The highest BCUT2D eigenvalue weighted by Crippen LogP contribution is 2.35. The van der Waals surface area contributed by atoms with E-state index in [2.05, 4.69) is 90.8 Å². The Labute approximate surface area is 166 Å². The van der Waals surface area contributed by atoms with Gasteiger partial charge in [0.2, 0.25) is 0 Å². The fraction of sp³-hybridized carbons (Fsp3) is 0.185. The predicted molar refractivity (Wildman–Crippen MR) is 121 cm³/mol. The van der Waals surface area contributed by atoms with E-state index in [9.17, 15) is 0 Å². The highest BCUT2D eigenvalue weighted by atomic mass is 14.7. The van der Waals surface area contributed by atoms with E-state index in [1.54, 1.807) is 0 Å². The van der Waals surface area contributed by atoms with Crippen LogP contribution in [0.25, 0.3) is 27.4 Å². The summed E-state index contributed by atoms with van der Waals surface area (Å²) in [6, 6.07) is 24.3. The van der Waals surface area contributed by atoms with Gasteiger partial charge in [0.25, 0.3) is 0 Å². The molecule has 0 saturated carbocycles. The second kappa shape index (κ2) is 7.16. The maximum Gasteiger partial charge on any atom is 0.0471 e. The summed E-state index contributed by atoms with van der Waals surface area (Å²) in [4.78, 5) is 3.63. The Bertz CT molecular complexity index is 1210. The van der Waals surface area contributed by atoms with Crippen molar-refractivity contribution in [3.05, 3.63) is 101 Å². The number of nitrogens with one attached hydrogen (secondary N) is 1. The Kier molecular flexibility index (Phi) is 4.37. The molecule has 5 rings (SSSR count). The fourth-order valence-electron chi connectivity index (χ4n) is 4.42. The van der Waals surface area contributed by atoms with Gasteiger partial charge >= 0.3 is 0 Å². The first-order valence-electron chi connectivity index (χ1n) is 10.2. The molecular weight excluding hydrogens is 338 g/mol. The highest BCUT2D eigenvalue weighted by molar-refractivity contribution is 6.08. The SMILES string of the molecule is CC1=C(c2cc3[nH]c4ccccc4c3cc2CCc2ccccc2)C=CCC1. The Hall–Kier alpha value is -3.06. The predicted octanol–water partition coefficient (Wildman–Crippen LogP) is 7.23. The molecule has 1 heterocycles. The van der Waals surface area contributed by atoms with Crippen molar-refractivity contribution in [1.82, 2.24) is 4.98 Å². The van der Waals surface area contributed by atoms with Crippen molar-refractivity contribution in [3.63, 3.8) is 0 Å². The zero-order valence-corrected chi connectivity index (χ0v) is 16.3. The molecule has 0 atom stereocenters. The van der Waals surface area contributed by atoms with Gasteiger partial charge in [-0.15, -0.1) is 0 Å². The third-order valence-corrected chi connectivity index (χ3v) is 5.98. The van der Waals surface area contributed by atoms with Crippen molar-refractivity contribution in [2.75, 3.05) is 0 Å². The van der Waals surface area contributed by atoms with Gasteiger partial charge in [-0.1, -0.05) is 66.3 Å². The van der Waals surface area contributed by atoms with Crippen LogP contribution in [-0.4, -0.2) is 4.98 Å². The molecule has 0 unspecified atom stereocenters. The molecule has 1 nitrogen and oxygen atoms in total. The van der Waals surface area contributed by atoms with E-state index in [1.165, 1.54) is 49.6 Å². The molecular formula is C27H25N. The third kappa shape index (κ3) is 3.07. The maximum absolute atomic E-state index is 3.63. The molecule has 0 bridgehead atoms. The summed E-state index contributed by atoms with van der Waals surface area (Å²) in [5.41, 5.74) is 9.60. The quantitative estimate of drug-likeness (QED) is 0.393. The summed E-state index contributed by atoms with van der Waals surface area (Å²) in [5, 5.41) is 2.65. The van der Waals surface area contributed by atoms with Crippen LogP contribution >= 0.6 is 0 Å². The Morgan fingerprint density at radius 2 is 1.64 bits per heavy atom. The first-order valence-corrected chi connectivity index (χ1v) is 10.2. The van der Waals surface area contributed by atoms with Crippen molar-refractivity contribution in [3.8, 4) is 0 Å². The molecule has 138 valence electrons. The smallest absolute Gasteiger partial charge is 0.0471 e. The standard InChI is InChI=1S/C27H25N/c1-19-9-5-6-12-22(19)24-18-27-25(23-13-7-8-14-26(23)28-27)17-21(24)16-15-20-10-3-2-4-11-20/h2-4,6-8,10-14,17-18,28H,5,9,15-16H2,1H3. The maximum atomic E-state index is 3.63. The van der Waals surface area contributed by atoms with E-state index in [0.717, 1.165) is 25.7 Å². The van der Waals surface area contributed by atoms with Gasteiger partial charge in [-0.3, -0.25) is 0 Å². The number of H-pyrrole nitrogens is 1. The van der Waals surface area contributed by atoms with Crippen LogP contribution in [0.1, 0.15) is 36.5 Å². The lowest BCUT2D eigenvalue weighted by Crippen LogP contribution is -2.00. The molecule has 1 N–H and O–H groups in total. The molecule has 1 aliphatic carbocycles. The van der Waals surface area contributed by atoms with Gasteiger partial charge in [0, 0.05) is 21.8 Å². The lowest BCUT2D eigenvalue weighted by atomic mass is 9.88. The lowest BCUT2D eigenvalue weighted by Gasteiger charge is -2.17. The van der Waals surface area contributed by atoms with Gasteiger partial charge in [0.15, 0.2) is 0 Å². The Morgan fingerprint density at radius 1 is 0.821 bits per heavy atom. The van der Waals surface area contributed by atoms with Crippen LogP contribution in [0, 0.1) is 0 Å². The van der Waals surface area contributed by atoms with Crippen LogP contribution < -0.4 is 0 Å². The van der Waals surface area contributed by atoms with Crippen molar-refractivity contribution < 1.29 is 0 Å². The van der Waals surface area contributed by atoms with Crippen LogP contribution in [0.15, 0.2) is 84.5 Å². The molecule has 4 aromatic rings. The van der Waals surface area contributed by atoms with Crippen LogP contribution in [0.3, 0.4) is 0 Å². The topological polar surface area (TPSA) is 15.8 Å². The second-order valence-electron chi connectivity index (χ2n) is 7.85. The largest absolute Gasteiger partial charge is 0.354 e. The van der Waals surface area contributed by atoms with Gasteiger partial charge in [0.1, 0.15) is 0 Å². The van der Waals surface area contributed by atoms with Gasteiger partial charge in [-0.05, 0) is 73.1 Å². The molecule has 0 fully saturated rings. The Morgan fingerprint density at radius 3 is 2.50 bits per heavy atom. The van der Waals surface area contributed by atoms with Crippen molar-refractivity contribution in [1.29, 1.82) is 0 Å². The van der Waals surface area contributed by atoms with Crippen molar-refractivity contribution >= 4 is 27.4 Å². The summed E-state index contributed by atoms with van der Waals surface area (Å²) in [5.74, 6) is 0. The highest BCUT2D eigenvalue weighted by Gasteiger charge is 2.15. The molecule has 0 radical (unpaired) electrons. The van der Waals surface area contributed by atoms with E-state index >= 15 is 0 Å². The average Bonchev–Trinajstić information content (AvgIpc) is 3.10. The summed E-state index contributed by atoms with van der Waals surface area (Å²) >= 11 is 0. The van der Waals surface area contributed by atoms with Gasteiger partial charge < -0.3 is 4.98 Å². The van der Waals surface area contributed by atoms with Crippen LogP contribution in [-0.2, 0) is 12.8 Å². The molecule has 0 saturated heterocycles. The summed E-state index contributed by atoms with van der Waals surface area (Å²) in [6.45, 7) is 2.29. The minimum Gasteiger partial charge on any atom is -0.354 e. The molecule has 28 heavy (non-hydrogen) atoms. The fourth-order valence-corrected chi connectivity index (χ4v) is 4.42. The number of allylic oxidation sites excluding steroid dienone is 4. The number of aromatic nitrogens is 1. The van der Waals surface area contributed by atoms with Crippen molar-refractivity contribution in [2.24, 2.45) is 0 Å². The molecule has 1 aliphatic rings. The number of fused-ring (bicyclic) bond motifs is 3. The average molecular weight is 364 g/mol. The van der Waals surface area contributed by atoms with Crippen LogP contribution in [0.5, 0.6) is 0 Å². The number of hydrogen-bond acceptors (Lipinski definition) is 0. The van der Waals surface area contributed by atoms with E-state index in [0.29, 0.717) is 0 Å². The molecule has 3 aromatic carbocycles. The van der Waals surface area contributed by atoms with E-state index in [-0.39, 0.29) is 0 Å². The summed E-state index contributed by atoms with van der Waals surface area (Å²) < 4.78 is 0. The summed E-state index contributed by atoms with van der Waals surface area (Å²) in [6.07, 6.45) is 9.09. The molecule has 0 amide bonds. The first-order chi connectivity index (χ1) is 13.8. The molecule has 0 spiro atoms. The minimum absolute atomic E-state index is 1.05. The van der Waals surface area contributed by atoms with E-state index < -0.39 is 0 Å². The number of hydrogen-bond donors (Lipinski definition) is 1. The second-order valence-corrected chi connectivity index (χ2v) is 7.85. The third-order valence-electron chi connectivity index (χ3n) is 5.98. The molecule has 1 heteroatoms. The normalized spacial score (nSPS) is 14.3. The Balaban J connectivity index is 1.66. The minimum atomic E-state index is 1.05. The number of aromatic amines is 1. The number of rotatable bonds is 4. The number of aryl methyl sites for hydroxylation is 2. The zero-order valence-electron chi connectivity index (χ0n) is 16.3. The van der Waals surface area contributed by atoms with Gasteiger partial charge in [0.05, 0.1) is 0 Å². The summed E-state index contributed by atoms with van der Waals surface area (Å²) in [7, 11) is 0. The van der Waals surface area contributed by atoms with Gasteiger partial charge in [-0.25, -0.2) is 0 Å². The van der Waals surface area contributed by atoms with E-state index in [1.807, 2.05) is 0 Å². The monoisotopic (exact) mass is 363 g/mol. The van der Waals surface area contributed by atoms with Gasteiger partial charge in [-0.2, -0.15) is 0 Å². The zero-order chi connectivity index (χ0) is 18.9. The number of para-hydroxylation sites is 1. The number of benzene rings is 3. The van der Waals surface area contributed by atoms with Crippen LogP contribution in [0.2, 0.25) is 0 Å². The first kappa shape index (κ1) is 17.1. The van der Waals surface area contributed by atoms with E-state index in [4.69, 9.17) is 0 Å².